The zero-order valence-electron chi connectivity index (χ0n) is 14.7. The number of allylic oxidation sites excluding steroid dienone is 4. The number of ether oxygens (including phenoxy) is 1. The van der Waals surface area contributed by atoms with Crippen LogP contribution in [0.1, 0.15) is 51.9 Å². The van der Waals surface area contributed by atoms with Gasteiger partial charge in [0, 0.05) is 18.3 Å². The molecule has 7 atom stereocenters. The van der Waals surface area contributed by atoms with Crippen molar-refractivity contribution in [3.05, 3.63) is 23.8 Å². The first-order chi connectivity index (χ1) is 11.9. The van der Waals surface area contributed by atoms with E-state index in [0.29, 0.717) is 37.0 Å². The van der Waals surface area contributed by atoms with Crippen LogP contribution in [0.3, 0.4) is 0 Å². The van der Waals surface area contributed by atoms with Crippen molar-refractivity contribution in [1.29, 1.82) is 0 Å². The largest absolute Gasteiger partial charge is 0.458 e. The van der Waals surface area contributed by atoms with Crippen LogP contribution >= 0.6 is 0 Å². The standard InChI is InChI=1S/C21H26O4/c1-20-11-17(23)19-14-5-3-13(22)10-12(14)2-4-15(19)16(20)6-8-21(20)9-7-18(24)25-21/h2,4,10,14-17,19,23H,3,5-9,11H2,1H3/t14-,15+,16+,17-,19-,20+,21-/m1/s1. The summed E-state index contributed by atoms with van der Waals surface area (Å²) < 4.78 is 5.90. The maximum absolute atomic E-state index is 11.9. The van der Waals surface area contributed by atoms with E-state index >= 15 is 0 Å². The zero-order valence-corrected chi connectivity index (χ0v) is 14.7. The SMILES string of the molecule is C[C@]12C[C@@H](O)[C@H]3[C@@H](C=CC4=CC(=O)CC[C@H]43)[C@@H]1CC[C@@]21CCC(=O)O1. The zero-order chi connectivity index (χ0) is 17.4. The molecule has 0 amide bonds. The van der Waals surface area contributed by atoms with Gasteiger partial charge in [-0.25, -0.2) is 0 Å². The molecule has 4 aliphatic carbocycles. The van der Waals surface area contributed by atoms with Gasteiger partial charge in [0.15, 0.2) is 5.78 Å². The topological polar surface area (TPSA) is 63.6 Å². The highest BCUT2D eigenvalue weighted by Crippen LogP contribution is 2.66. The molecule has 4 heteroatoms. The summed E-state index contributed by atoms with van der Waals surface area (Å²) in [6.45, 7) is 2.24. The maximum atomic E-state index is 11.9. The number of hydrogen-bond acceptors (Lipinski definition) is 4. The number of carbonyl (C=O) groups excluding carboxylic acids is 2. The highest BCUT2D eigenvalue weighted by atomic mass is 16.6. The smallest absolute Gasteiger partial charge is 0.306 e. The summed E-state index contributed by atoms with van der Waals surface area (Å²) in [6, 6.07) is 0. The van der Waals surface area contributed by atoms with Crippen LogP contribution in [-0.2, 0) is 14.3 Å². The predicted octanol–water partition coefficient (Wildman–Crippen LogP) is 2.95. The number of ketones is 1. The number of fused-ring (bicyclic) bond motifs is 6. The van der Waals surface area contributed by atoms with E-state index in [1.165, 1.54) is 0 Å². The van der Waals surface area contributed by atoms with Crippen LogP contribution in [0.4, 0.5) is 0 Å². The van der Waals surface area contributed by atoms with Crippen LogP contribution in [0.5, 0.6) is 0 Å². The number of esters is 1. The number of carbonyl (C=O) groups is 2. The number of rotatable bonds is 0. The summed E-state index contributed by atoms with van der Waals surface area (Å²) in [5.74, 6) is 1.41. The fraction of sp³-hybridized carbons (Fsp3) is 0.714. The van der Waals surface area contributed by atoms with Gasteiger partial charge in [0.05, 0.1) is 6.10 Å². The van der Waals surface area contributed by atoms with Crippen molar-refractivity contribution in [3.63, 3.8) is 0 Å². The van der Waals surface area contributed by atoms with E-state index in [-0.39, 0.29) is 28.7 Å². The third-order valence-corrected chi connectivity index (χ3v) is 8.18. The van der Waals surface area contributed by atoms with Gasteiger partial charge < -0.3 is 9.84 Å². The molecule has 4 nitrogen and oxygen atoms in total. The van der Waals surface area contributed by atoms with Crippen LogP contribution in [0.15, 0.2) is 23.8 Å². The van der Waals surface area contributed by atoms with E-state index in [9.17, 15) is 14.7 Å². The minimum absolute atomic E-state index is 0.0753. The highest BCUT2D eigenvalue weighted by molar-refractivity contribution is 5.92. The van der Waals surface area contributed by atoms with Crippen molar-refractivity contribution in [2.24, 2.45) is 29.1 Å². The van der Waals surface area contributed by atoms with E-state index in [1.807, 2.05) is 0 Å². The summed E-state index contributed by atoms with van der Waals surface area (Å²) in [6.07, 6.45) is 11.2. The monoisotopic (exact) mass is 342 g/mol. The number of aliphatic hydroxyl groups excluding tert-OH is 1. The van der Waals surface area contributed by atoms with Crippen molar-refractivity contribution >= 4 is 11.8 Å². The molecule has 25 heavy (non-hydrogen) atoms. The molecule has 0 radical (unpaired) electrons. The van der Waals surface area contributed by atoms with E-state index in [0.717, 1.165) is 31.3 Å². The van der Waals surface area contributed by atoms with Crippen molar-refractivity contribution < 1.29 is 19.4 Å². The molecule has 1 spiro atoms. The molecule has 3 fully saturated rings. The summed E-state index contributed by atoms with van der Waals surface area (Å²) in [4.78, 5) is 23.6. The van der Waals surface area contributed by atoms with Gasteiger partial charge in [-0.3, -0.25) is 9.59 Å². The van der Waals surface area contributed by atoms with Gasteiger partial charge in [-0.15, -0.1) is 0 Å². The summed E-state index contributed by atoms with van der Waals surface area (Å²) >= 11 is 0. The molecule has 5 rings (SSSR count). The Morgan fingerprint density at radius 3 is 2.80 bits per heavy atom. The Balaban J connectivity index is 1.54. The fourth-order valence-electron chi connectivity index (χ4n) is 7.02. The highest BCUT2D eigenvalue weighted by Gasteiger charge is 2.67. The van der Waals surface area contributed by atoms with Gasteiger partial charge in [-0.2, -0.15) is 0 Å². The van der Waals surface area contributed by atoms with E-state index in [2.05, 4.69) is 19.1 Å². The lowest BCUT2D eigenvalue weighted by Crippen LogP contribution is -2.56. The average Bonchev–Trinajstić information content (AvgIpc) is 3.08. The molecule has 0 aromatic carbocycles. The Labute approximate surface area is 148 Å². The minimum Gasteiger partial charge on any atom is -0.458 e. The average molecular weight is 342 g/mol. The lowest BCUT2D eigenvalue weighted by Gasteiger charge is -2.55. The Hall–Kier alpha value is -1.42. The normalized spacial score (nSPS) is 51.0. The Bertz CT molecular complexity index is 707. The molecule has 1 aliphatic heterocycles. The lowest BCUT2D eigenvalue weighted by atomic mass is 9.51. The van der Waals surface area contributed by atoms with E-state index in [1.54, 1.807) is 6.08 Å². The molecule has 1 N–H and O–H groups in total. The van der Waals surface area contributed by atoms with Crippen LogP contribution < -0.4 is 0 Å². The predicted molar refractivity (Wildman–Crippen MR) is 91.4 cm³/mol. The number of hydrogen-bond donors (Lipinski definition) is 1. The quantitative estimate of drug-likeness (QED) is 0.688. The van der Waals surface area contributed by atoms with Gasteiger partial charge in [-0.05, 0) is 67.4 Å². The summed E-state index contributed by atoms with van der Waals surface area (Å²) in [7, 11) is 0. The van der Waals surface area contributed by atoms with Crippen LogP contribution in [0, 0.1) is 29.1 Å². The van der Waals surface area contributed by atoms with Gasteiger partial charge in [0.25, 0.3) is 0 Å². The molecule has 1 saturated heterocycles. The fourth-order valence-corrected chi connectivity index (χ4v) is 7.02. The second-order valence-corrected chi connectivity index (χ2v) is 9.07. The molecule has 134 valence electrons. The van der Waals surface area contributed by atoms with Crippen molar-refractivity contribution in [2.45, 2.75) is 63.6 Å². The minimum atomic E-state index is -0.396. The second kappa shape index (κ2) is 5.06. The number of aliphatic hydroxyl groups is 1. The Kier molecular flexibility index (Phi) is 3.20. The van der Waals surface area contributed by atoms with Crippen LogP contribution in [0.25, 0.3) is 0 Å². The molecular weight excluding hydrogens is 316 g/mol. The lowest BCUT2D eigenvalue weighted by molar-refractivity contribution is -0.173. The van der Waals surface area contributed by atoms with Crippen LogP contribution in [0.2, 0.25) is 0 Å². The van der Waals surface area contributed by atoms with Crippen molar-refractivity contribution in [1.82, 2.24) is 0 Å². The first-order valence-corrected chi connectivity index (χ1v) is 9.76. The summed E-state index contributed by atoms with van der Waals surface area (Å²) in [5, 5.41) is 11.1. The molecule has 0 bridgehead atoms. The van der Waals surface area contributed by atoms with Gasteiger partial charge in [-0.1, -0.05) is 19.1 Å². The van der Waals surface area contributed by atoms with Crippen LogP contribution in [-0.4, -0.2) is 28.6 Å². The third kappa shape index (κ3) is 1.98. The third-order valence-electron chi connectivity index (χ3n) is 8.18. The van der Waals surface area contributed by atoms with E-state index in [4.69, 9.17) is 4.74 Å². The maximum Gasteiger partial charge on any atom is 0.306 e. The Morgan fingerprint density at radius 2 is 2.04 bits per heavy atom. The van der Waals surface area contributed by atoms with Gasteiger partial charge >= 0.3 is 5.97 Å². The molecule has 5 aliphatic rings. The molecule has 0 aromatic heterocycles. The molecular formula is C21H26O4. The van der Waals surface area contributed by atoms with Gasteiger partial charge in [0.1, 0.15) is 5.60 Å². The molecule has 1 heterocycles. The second-order valence-electron chi connectivity index (χ2n) is 9.07. The Morgan fingerprint density at radius 1 is 1.20 bits per heavy atom. The molecule has 0 aromatic rings. The summed E-state index contributed by atoms with van der Waals surface area (Å²) in [5.41, 5.74) is 0.600. The first-order valence-electron chi connectivity index (χ1n) is 9.76. The van der Waals surface area contributed by atoms with Crippen molar-refractivity contribution in [2.75, 3.05) is 0 Å². The molecule has 2 saturated carbocycles. The van der Waals surface area contributed by atoms with Crippen molar-refractivity contribution in [3.8, 4) is 0 Å². The first kappa shape index (κ1) is 15.8. The van der Waals surface area contributed by atoms with E-state index < -0.39 is 6.10 Å². The van der Waals surface area contributed by atoms with Gasteiger partial charge in [0.2, 0.25) is 0 Å². The molecule has 0 unspecified atom stereocenters.